The highest BCUT2D eigenvalue weighted by Crippen LogP contribution is 2.21. The molecule has 0 radical (unpaired) electrons. The third-order valence-electron chi connectivity index (χ3n) is 4.97. The molecule has 0 aromatic heterocycles. The standard InChI is InChI=1S/C24H26N2O5/c1-15-7-8-16(2)19(13-15)21(27)11-12-23(29)31-14-22(28)26-20-6-4-3-5-18(20)24(30)25-17-9-10-17/h3-8,13,17H,9-12,14H2,1-2H3,(H,25,30)(H,26,28). The Kier molecular flexibility index (Phi) is 7.18. The molecule has 0 unspecified atom stereocenters. The van der Waals surface area contributed by atoms with Crippen LogP contribution >= 0.6 is 0 Å². The predicted molar refractivity (Wildman–Crippen MR) is 116 cm³/mol. The minimum absolute atomic E-state index is 0.00885. The summed E-state index contributed by atoms with van der Waals surface area (Å²) in [5, 5.41) is 5.48. The number of para-hydroxylation sites is 1. The van der Waals surface area contributed by atoms with E-state index >= 15 is 0 Å². The van der Waals surface area contributed by atoms with Gasteiger partial charge < -0.3 is 15.4 Å². The van der Waals surface area contributed by atoms with Crippen molar-refractivity contribution in [3.63, 3.8) is 0 Å². The maximum absolute atomic E-state index is 12.4. The van der Waals surface area contributed by atoms with E-state index in [9.17, 15) is 19.2 Å². The normalized spacial score (nSPS) is 12.7. The summed E-state index contributed by atoms with van der Waals surface area (Å²) >= 11 is 0. The predicted octanol–water partition coefficient (Wildman–Crippen LogP) is 3.34. The molecular formula is C24H26N2O5. The second kappa shape index (κ2) is 10.0. The molecule has 3 rings (SSSR count). The Morgan fingerprint density at radius 1 is 0.968 bits per heavy atom. The van der Waals surface area contributed by atoms with Crippen molar-refractivity contribution < 1.29 is 23.9 Å². The fourth-order valence-electron chi connectivity index (χ4n) is 3.07. The molecule has 2 amide bonds. The molecule has 7 nitrogen and oxygen atoms in total. The van der Waals surface area contributed by atoms with Crippen molar-refractivity contribution in [1.29, 1.82) is 0 Å². The number of hydrogen-bond donors (Lipinski definition) is 2. The lowest BCUT2D eigenvalue weighted by Crippen LogP contribution is -2.28. The second-order valence-corrected chi connectivity index (χ2v) is 7.74. The van der Waals surface area contributed by atoms with Crippen LogP contribution in [0.5, 0.6) is 0 Å². The monoisotopic (exact) mass is 422 g/mol. The summed E-state index contributed by atoms with van der Waals surface area (Å²) < 4.78 is 4.99. The van der Waals surface area contributed by atoms with Gasteiger partial charge in [-0.05, 0) is 50.5 Å². The van der Waals surface area contributed by atoms with Crippen LogP contribution in [0.2, 0.25) is 0 Å². The summed E-state index contributed by atoms with van der Waals surface area (Å²) in [6.45, 7) is 3.25. The van der Waals surface area contributed by atoms with E-state index in [1.54, 1.807) is 30.3 Å². The number of nitrogens with one attached hydrogen (secondary N) is 2. The number of carbonyl (C=O) groups excluding carboxylic acids is 4. The number of benzene rings is 2. The van der Waals surface area contributed by atoms with Crippen LogP contribution in [0.3, 0.4) is 0 Å². The SMILES string of the molecule is Cc1ccc(C)c(C(=O)CCC(=O)OCC(=O)Nc2ccccc2C(=O)NC2CC2)c1. The van der Waals surface area contributed by atoms with Gasteiger partial charge in [-0.1, -0.05) is 29.8 Å². The quantitative estimate of drug-likeness (QED) is 0.477. The molecule has 1 fully saturated rings. The number of Topliss-reactive ketones (excluding diaryl/α,β-unsaturated/α-hetero) is 1. The molecule has 0 aliphatic heterocycles. The summed E-state index contributed by atoms with van der Waals surface area (Å²) in [4.78, 5) is 48.8. The van der Waals surface area contributed by atoms with Gasteiger partial charge in [0.25, 0.3) is 11.8 Å². The number of aryl methyl sites for hydroxylation is 2. The minimum Gasteiger partial charge on any atom is -0.456 e. The fraction of sp³-hybridized carbons (Fsp3) is 0.333. The molecular weight excluding hydrogens is 396 g/mol. The molecule has 0 heterocycles. The van der Waals surface area contributed by atoms with Crippen LogP contribution in [0.1, 0.15) is 57.5 Å². The molecule has 0 saturated heterocycles. The molecule has 0 bridgehead atoms. The average molecular weight is 422 g/mol. The molecule has 162 valence electrons. The highest BCUT2D eigenvalue weighted by atomic mass is 16.5. The van der Waals surface area contributed by atoms with Gasteiger partial charge in [-0.3, -0.25) is 19.2 Å². The lowest BCUT2D eigenvalue weighted by molar-refractivity contribution is -0.147. The first kappa shape index (κ1) is 22.2. The molecule has 7 heteroatoms. The topological polar surface area (TPSA) is 102 Å². The van der Waals surface area contributed by atoms with Gasteiger partial charge >= 0.3 is 5.97 Å². The number of esters is 1. The van der Waals surface area contributed by atoms with E-state index in [-0.39, 0.29) is 30.6 Å². The van der Waals surface area contributed by atoms with Gasteiger partial charge in [0.05, 0.1) is 17.7 Å². The van der Waals surface area contributed by atoms with Crippen molar-refractivity contribution >= 4 is 29.3 Å². The van der Waals surface area contributed by atoms with Crippen LogP contribution in [0.25, 0.3) is 0 Å². The Labute approximate surface area is 181 Å². The molecule has 1 saturated carbocycles. The zero-order valence-electron chi connectivity index (χ0n) is 17.7. The van der Waals surface area contributed by atoms with E-state index in [1.165, 1.54) is 0 Å². The van der Waals surface area contributed by atoms with E-state index < -0.39 is 18.5 Å². The Hall–Kier alpha value is -3.48. The van der Waals surface area contributed by atoms with Gasteiger partial charge in [0, 0.05) is 18.0 Å². The van der Waals surface area contributed by atoms with Crippen LogP contribution in [-0.4, -0.2) is 36.2 Å². The Balaban J connectivity index is 1.46. The summed E-state index contributed by atoms with van der Waals surface area (Å²) in [5.74, 6) is -1.58. The maximum Gasteiger partial charge on any atom is 0.306 e. The molecule has 1 aliphatic carbocycles. The summed E-state index contributed by atoms with van der Waals surface area (Å²) in [7, 11) is 0. The lowest BCUT2D eigenvalue weighted by atomic mass is 9.99. The average Bonchev–Trinajstić information content (AvgIpc) is 3.56. The van der Waals surface area contributed by atoms with Crippen molar-refractivity contribution in [3.05, 3.63) is 64.7 Å². The lowest BCUT2D eigenvalue weighted by Gasteiger charge is -2.11. The van der Waals surface area contributed by atoms with Crippen LogP contribution < -0.4 is 10.6 Å². The Morgan fingerprint density at radius 2 is 1.71 bits per heavy atom. The zero-order chi connectivity index (χ0) is 22.4. The third-order valence-corrected chi connectivity index (χ3v) is 4.97. The van der Waals surface area contributed by atoms with Crippen LogP contribution in [0.4, 0.5) is 5.69 Å². The molecule has 0 atom stereocenters. The summed E-state index contributed by atoms with van der Waals surface area (Å²) in [5.41, 5.74) is 3.12. The van der Waals surface area contributed by atoms with Crippen molar-refractivity contribution in [2.24, 2.45) is 0 Å². The van der Waals surface area contributed by atoms with Crippen LogP contribution in [0, 0.1) is 13.8 Å². The molecule has 31 heavy (non-hydrogen) atoms. The number of carbonyl (C=O) groups is 4. The number of anilines is 1. The van der Waals surface area contributed by atoms with Gasteiger partial charge in [-0.2, -0.15) is 0 Å². The maximum atomic E-state index is 12.4. The molecule has 0 spiro atoms. The van der Waals surface area contributed by atoms with Crippen molar-refractivity contribution in [1.82, 2.24) is 5.32 Å². The largest absolute Gasteiger partial charge is 0.456 e. The summed E-state index contributed by atoms with van der Waals surface area (Å²) in [6, 6.07) is 12.4. The van der Waals surface area contributed by atoms with Gasteiger partial charge in [0.2, 0.25) is 0 Å². The highest BCUT2D eigenvalue weighted by Gasteiger charge is 2.25. The Morgan fingerprint density at radius 3 is 2.45 bits per heavy atom. The van der Waals surface area contributed by atoms with Gasteiger partial charge in [-0.25, -0.2) is 0 Å². The number of hydrogen-bond acceptors (Lipinski definition) is 5. The van der Waals surface area contributed by atoms with E-state index in [0.29, 0.717) is 16.8 Å². The van der Waals surface area contributed by atoms with Crippen LogP contribution in [0.15, 0.2) is 42.5 Å². The van der Waals surface area contributed by atoms with Gasteiger partial charge in [-0.15, -0.1) is 0 Å². The first-order valence-electron chi connectivity index (χ1n) is 10.3. The number of ketones is 1. The van der Waals surface area contributed by atoms with E-state index in [1.807, 2.05) is 26.0 Å². The highest BCUT2D eigenvalue weighted by molar-refractivity contribution is 6.04. The minimum atomic E-state index is -0.631. The Bertz CT molecular complexity index is 1010. The van der Waals surface area contributed by atoms with Crippen molar-refractivity contribution in [3.8, 4) is 0 Å². The van der Waals surface area contributed by atoms with E-state index in [0.717, 1.165) is 24.0 Å². The second-order valence-electron chi connectivity index (χ2n) is 7.74. The molecule has 2 aromatic carbocycles. The molecule has 2 N–H and O–H groups in total. The number of rotatable bonds is 9. The first-order valence-corrected chi connectivity index (χ1v) is 10.3. The zero-order valence-corrected chi connectivity index (χ0v) is 17.7. The first-order chi connectivity index (χ1) is 14.8. The van der Waals surface area contributed by atoms with Crippen molar-refractivity contribution in [2.45, 2.75) is 45.6 Å². The molecule has 2 aromatic rings. The van der Waals surface area contributed by atoms with Crippen LogP contribution in [-0.2, 0) is 14.3 Å². The molecule has 1 aliphatic rings. The van der Waals surface area contributed by atoms with Gasteiger partial charge in [0.1, 0.15) is 0 Å². The third kappa shape index (κ3) is 6.50. The smallest absolute Gasteiger partial charge is 0.306 e. The number of ether oxygens (including phenoxy) is 1. The van der Waals surface area contributed by atoms with Gasteiger partial charge in [0.15, 0.2) is 12.4 Å². The summed E-state index contributed by atoms with van der Waals surface area (Å²) in [6.07, 6.45) is 1.82. The van der Waals surface area contributed by atoms with E-state index in [2.05, 4.69) is 10.6 Å². The fourth-order valence-corrected chi connectivity index (χ4v) is 3.07. The van der Waals surface area contributed by atoms with E-state index in [4.69, 9.17) is 4.74 Å². The van der Waals surface area contributed by atoms with Crippen molar-refractivity contribution in [2.75, 3.05) is 11.9 Å². The number of amides is 2.